The van der Waals surface area contributed by atoms with Gasteiger partial charge in [0, 0.05) is 28.8 Å². The molecule has 4 rings (SSSR count). The minimum Gasteiger partial charge on any atom is -0.389 e. The first-order valence-corrected chi connectivity index (χ1v) is 10.4. The third kappa shape index (κ3) is 4.48. The second-order valence-corrected chi connectivity index (χ2v) is 8.69. The highest BCUT2D eigenvalue weighted by Crippen LogP contribution is 2.33. The van der Waals surface area contributed by atoms with Crippen LogP contribution in [-0.2, 0) is 10.3 Å². The number of anilines is 1. The van der Waals surface area contributed by atoms with Crippen molar-refractivity contribution < 1.29 is 19.3 Å². The molecule has 31 heavy (non-hydrogen) atoms. The lowest BCUT2D eigenvalue weighted by molar-refractivity contribution is -0.0136. The molecule has 9 heteroatoms. The molecule has 1 aliphatic heterocycles. The number of rotatable bonds is 4. The van der Waals surface area contributed by atoms with Gasteiger partial charge in [-0.05, 0) is 45.4 Å². The molecule has 1 aliphatic rings. The second kappa shape index (κ2) is 8.27. The number of aliphatic hydroxyl groups excluding tert-OH is 1. The Hall–Kier alpha value is -2.39. The first kappa shape index (κ1) is 21.8. The average Bonchev–Trinajstić information content (AvgIpc) is 2.70. The molecule has 1 fully saturated rings. The van der Waals surface area contributed by atoms with E-state index in [1.54, 1.807) is 32.9 Å². The summed E-state index contributed by atoms with van der Waals surface area (Å²) < 4.78 is 20.2. The van der Waals surface area contributed by atoms with Gasteiger partial charge in [0.1, 0.15) is 11.3 Å². The van der Waals surface area contributed by atoms with Gasteiger partial charge in [-0.15, -0.1) is 0 Å². The van der Waals surface area contributed by atoms with Crippen LogP contribution in [-0.4, -0.2) is 50.5 Å². The summed E-state index contributed by atoms with van der Waals surface area (Å²) in [5.41, 5.74) is 1.08. The van der Waals surface area contributed by atoms with Crippen LogP contribution in [0.2, 0.25) is 5.02 Å². The standard InChI is InChI=1S/C22H24ClFN4O3/c1-11-14(22(2,3)30)7-12-6-13(8-16(24)20(12)26-11)19-15(23)9-25-21(28-19)27-17-4-5-31-10-18(17)29/h6-9,17-18,29-30H,4-5,10H2,1-3H3,(H,25,27,28)/t17-,18-/m1/s1. The Morgan fingerprint density at radius 1 is 1.26 bits per heavy atom. The molecule has 164 valence electrons. The molecule has 7 nitrogen and oxygen atoms in total. The van der Waals surface area contributed by atoms with E-state index in [1.807, 2.05) is 0 Å². The number of hydrogen-bond donors (Lipinski definition) is 3. The summed E-state index contributed by atoms with van der Waals surface area (Å²) >= 11 is 6.33. The number of fused-ring (bicyclic) bond motifs is 1. The fourth-order valence-corrected chi connectivity index (χ4v) is 3.99. The monoisotopic (exact) mass is 446 g/mol. The molecule has 0 spiro atoms. The van der Waals surface area contributed by atoms with E-state index in [0.717, 1.165) is 0 Å². The van der Waals surface area contributed by atoms with E-state index in [4.69, 9.17) is 16.3 Å². The maximum atomic E-state index is 14.9. The van der Waals surface area contributed by atoms with Crippen LogP contribution in [0.3, 0.4) is 0 Å². The molecule has 0 unspecified atom stereocenters. The van der Waals surface area contributed by atoms with Crippen LogP contribution in [0.15, 0.2) is 24.4 Å². The summed E-state index contributed by atoms with van der Waals surface area (Å²) in [5.74, 6) is -0.230. The van der Waals surface area contributed by atoms with Crippen LogP contribution in [0.5, 0.6) is 0 Å². The Morgan fingerprint density at radius 3 is 2.74 bits per heavy atom. The number of benzene rings is 1. The lowest BCUT2D eigenvalue weighted by atomic mass is 9.94. The number of halogens is 2. The molecular formula is C22H24ClFN4O3. The molecule has 2 atom stereocenters. The average molecular weight is 447 g/mol. The highest BCUT2D eigenvalue weighted by Gasteiger charge is 2.25. The van der Waals surface area contributed by atoms with E-state index in [-0.39, 0.29) is 29.1 Å². The number of aryl methyl sites for hydroxylation is 1. The number of pyridine rings is 1. The normalized spacial score (nSPS) is 19.6. The van der Waals surface area contributed by atoms with Gasteiger partial charge < -0.3 is 20.3 Å². The molecule has 0 aliphatic carbocycles. The SMILES string of the molecule is Cc1nc2c(F)cc(-c3nc(N[C@@H]4CCOC[C@H]4O)ncc3Cl)cc2cc1C(C)(C)O. The van der Waals surface area contributed by atoms with Crippen molar-refractivity contribution in [2.24, 2.45) is 0 Å². The van der Waals surface area contributed by atoms with Gasteiger partial charge in [0.05, 0.1) is 41.3 Å². The number of nitrogens with one attached hydrogen (secondary N) is 1. The van der Waals surface area contributed by atoms with Crippen molar-refractivity contribution in [3.05, 3.63) is 46.5 Å². The van der Waals surface area contributed by atoms with Crippen molar-refractivity contribution in [3.63, 3.8) is 0 Å². The molecule has 0 saturated carbocycles. The maximum absolute atomic E-state index is 14.9. The predicted octanol–water partition coefficient (Wildman–Crippen LogP) is 3.58. The fraction of sp³-hybridized carbons (Fsp3) is 0.409. The summed E-state index contributed by atoms with van der Waals surface area (Å²) in [4.78, 5) is 13.0. The molecule has 3 N–H and O–H groups in total. The van der Waals surface area contributed by atoms with E-state index in [9.17, 15) is 14.6 Å². The topological polar surface area (TPSA) is 100 Å². The number of aromatic nitrogens is 3. The molecule has 1 aromatic carbocycles. The highest BCUT2D eigenvalue weighted by atomic mass is 35.5. The van der Waals surface area contributed by atoms with Crippen LogP contribution in [0.25, 0.3) is 22.2 Å². The summed E-state index contributed by atoms with van der Waals surface area (Å²) in [6.07, 6.45) is 1.37. The maximum Gasteiger partial charge on any atom is 0.223 e. The molecular weight excluding hydrogens is 423 g/mol. The second-order valence-electron chi connectivity index (χ2n) is 8.28. The minimum absolute atomic E-state index is 0.211. The number of hydrogen-bond acceptors (Lipinski definition) is 7. The lowest BCUT2D eigenvalue weighted by Gasteiger charge is -2.28. The predicted molar refractivity (Wildman–Crippen MR) is 117 cm³/mol. The van der Waals surface area contributed by atoms with Gasteiger partial charge in [-0.3, -0.25) is 0 Å². The van der Waals surface area contributed by atoms with Crippen molar-refractivity contribution in [3.8, 4) is 11.3 Å². The largest absolute Gasteiger partial charge is 0.389 e. The lowest BCUT2D eigenvalue weighted by Crippen LogP contribution is -2.42. The van der Waals surface area contributed by atoms with Crippen molar-refractivity contribution in [2.45, 2.75) is 44.9 Å². The zero-order valence-corrected chi connectivity index (χ0v) is 18.2. The molecule has 3 heterocycles. The van der Waals surface area contributed by atoms with Gasteiger partial charge >= 0.3 is 0 Å². The molecule has 1 saturated heterocycles. The van der Waals surface area contributed by atoms with Crippen molar-refractivity contribution >= 4 is 28.5 Å². The molecule has 2 aromatic heterocycles. The van der Waals surface area contributed by atoms with Gasteiger partial charge in [-0.2, -0.15) is 0 Å². The summed E-state index contributed by atoms with van der Waals surface area (Å²) in [6.45, 7) is 5.83. The van der Waals surface area contributed by atoms with Crippen LogP contribution in [0.1, 0.15) is 31.5 Å². The fourth-order valence-electron chi connectivity index (χ4n) is 3.79. The van der Waals surface area contributed by atoms with Crippen molar-refractivity contribution in [1.82, 2.24) is 15.0 Å². The van der Waals surface area contributed by atoms with Crippen LogP contribution in [0.4, 0.5) is 10.3 Å². The molecule has 3 aromatic rings. The van der Waals surface area contributed by atoms with E-state index in [1.165, 1.54) is 12.3 Å². The molecule has 0 amide bonds. The van der Waals surface area contributed by atoms with Crippen molar-refractivity contribution in [2.75, 3.05) is 18.5 Å². The van der Waals surface area contributed by atoms with Gasteiger partial charge in [0.15, 0.2) is 0 Å². The Balaban J connectivity index is 1.76. The quantitative estimate of drug-likeness (QED) is 0.563. The van der Waals surface area contributed by atoms with Gasteiger partial charge in [-0.25, -0.2) is 19.3 Å². The van der Waals surface area contributed by atoms with Crippen LogP contribution >= 0.6 is 11.6 Å². The Labute approximate surface area is 184 Å². The Bertz CT molecular complexity index is 1140. The summed E-state index contributed by atoms with van der Waals surface area (Å²) in [6, 6.07) is 4.55. The molecule has 0 radical (unpaired) electrons. The number of nitrogens with zero attached hydrogens (tertiary/aromatic N) is 3. The number of aliphatic hydroxyl groups is 2. The summed E-state index contributed by atoms with van der Waals surface area (Å²) in [7, 11) is 0. The third-order valence-corrected chi connectivity index (χ3v) is 5.66. The minimum atomic E-state index is -1.12. The van der Waals surface area contributed by atoms with Crippen molar-refractivity contribution in [1.29, 1.82) is 0 Å². The Kier molecular flexibility index (Phi) is 5.83. The smallest absolute Gasteiger partial charge is 0.223 e. The zero-order valence-electron chi connectivity index (χ0n) is 17.5. The van der Waals surface area contributed by atoms with E-state index in [0.29, 0.717) is 40.9 Å². The Morgan fingerprint density at radius 2 is 2.03 bits per heavy atom. The van der Waals surface area contributed by atoms with Crippen LogP contribution < -0.4 is 5.32 Å². The first-order valence-electron chi connectivity index (χ1n) is 10.0. The highest BCUT2D eigenvalue weighted by molar-refractivity contribution is 6.33. The third-order valence-electron chi connectivity index (χ3n) is 5.38. The molecule has 0 bridgehead atoms. The van der Waals surface area contributed by atoms with Gasteiger partial charge in [0.25, 0.3) is 0 Å². The van der Waals surface area contributed by atoms with E-state index >= 15 is 0 Å². The van der Waals surface area contributed by atoms with Gasteiger partial charge in [0.2, 0.25) is 5.95 Å². The van der Waals surface area contributed by atoms with E-state index in [2.05, 4.69) is 20.3 Å². The number of ether oxygens (including phenoxy) is 1. The van der Waals surface area contributed by atoms with Crippen LogP contribution in [0, 0.1) is 12.7 Å². The zero-order chi connectivity index (χ0) is 22.3. The van der Waals surface area contributed by atoms with E-state index < -0.39 is 17.5 Å². The first-order chi connectivity index (χ1) is 14.6. The summed E-state index contributed by atoms with van der Waals surface area (Å²) in [5, 5.41) is 24.4. The van der Waals surface area contributed by atoms with Gasteiger partial charge in [-0.1, -0.05) is 11.6 Å².